The van der Waals surface area contributed by atoms with E-state index in [0.717, 1.165) is 16.3 Å². The van der Waals surface area contributed by atoms with Gasteiger partial charge in [0.25, 0.3) is 5.91 Å². The first-order valence-corrected chi connectivity index (χ1v) is 8.37. The molecule has 0 atom stereocenters. The van der Waals surface area contributed by atoms with Crippen molar-refractivity contribution in [3.63, 3.8) is 0 Å². The molecule has 0 aliphatic rings. The Morgan fingerprint density at radius 2 is 1.74 bits per heavy atom. The molecule has 27 heavy (non-hydrogen) atoms. The maximum absolute atomic E-state index is 12.6. The monoisotopic (exact) mass is 359 g/mol. The molecule has 0 aliphatic carbocycles. The first-order chi connectivity index (χ1) is 13.2. The highest BCUT2D eigenvalue weighted by Crippen LogP contribution is 2.30. The second-order valence-corrected chi connectivity index (χ2v) is 6.04. The smallest absolute Gasteiger partial charge is 0.260 e. The molecule has 6 heteroatoms. The largest absolute Gasteiger partial charge is 0.507 e. The van der Waals surface area contributed by atoms with E-state index < -0.39 is 5.91 Å². The van der Waals surface area contributed by atoms with E-state index in [1.807, 2.05) is 48.5 Å². The molecular weight excluding hydrogens is 342 g/mol. The third kappa shape index (κ3) is 3.20. The van der Waals surface area contributed by atoms with Crippen LogP contribution in [0.5, 0.6) is 11.5 Å². The number of nitrogens with zero attached hydrogens (tertiary/aromatic N) is 1. The number of nitrogens with one attached hydrogen (secondary N) is 2. The van der Waals surface area contributed by atoms with E-state index >= 15 is 0 Å². The lowest BCUT2D eigenvalue weighted by molar-refractivity contribution is 0.102. The summed E-state index contributed by atoms with van der Waals surface area (Å²) in [6.45, 7) is 0. The number of phenols is 1. The van der Waals surface area contributed by atoms with Gasteiger partial charge in [0.1, 0.15) is 11.5 Å². The van der Waals surface area contributed by atoms with Gasteiger partial charge in [0.05, 0.1) is 18.4 Å². The molecule has 134 valence electrons. The summed E-state index contributed by atoms with van der Waals surface area (Å²) in [7, 11) is 1.60. The minimum absolute atomic E-state index is 0.0771. The number of ether oxygens (including phenoxy) is 1. The number of aromatic hydroxyl groups is 1. The Labute approximate surface area is 155 Å². The summed E-state index contributed by atoms with van der Waals surface area (Å²) >= 11 is 0. The van der Waals surface area contributed by atoms with Gasteiger partial charge in [0.15, 0.2) is 5.82 Å². The van der Waals surface area contributed by atoms with Crippen molar-refractivity contribution >= 4 is 22.5 Å². The molecule has 0 bridgehead atoms. The summed E-state index contributed by atoms with van der Waals surface area (Å²) in [5.41, 5.74) is 1.74. The van der Waals surface area contributed by atoms with E-state index in [-0.39, 0.29) is 11.3 Å². The third-order valence-corrected chi connectivity index (χ3v) is 4.33. The molecule has 3 aromatic carbocycles. The van der Waals surface area contributed by atoms with Crippen molar-refractivity contribution in [1.29, 1.82) is 0 Å². The highest BCUT2D eigenvalue weighted by atomic mass is 16.5. The molecule has 4 rings (SSSR count). The predicted molar refractivity (Wildman–Crippen MR) is 104 cm³/mol. The van der Waals surface area contributed by atoms with Crippen molar-refractivity contribution in [3.05, 3.63) is 72.3 Å². The molecule has 1 heterocycles. The van der Waals surface area contributed by atoms with Gasteiger partial charge in [-0.1, -0.05) is 36.4 Å². The SMILES string of the molecule is COc1ccccc1-c1cc(NC(=O)c2cc3ccccc3cc2O)n[nH]1. The van der Waals surface area contributed by atoms with Gasteiger partial charge < -0.3 is 15.2 Å². The molecule has 0 spiro atoms. The van der Waals surface area contributed by atoms with Crippen LogP contribution in [0.2, 0.25) is 0 Å². The van der Waals surface area contributed by atoms with Gasteiger partial charge in [-0.25, -0.2) is 0 Å². The number of carbonyl (C=O) groups is 1. The van der Waals surface area contributed by atoms with Crippen molar-refractivity contribution in [2.75, 3.05) is 12.4 Å². The van der Waals surface area contributed by atoms with Crippen molar-refractivity contribution in [2.24, 2.45) is 0 Å². The normalized spacial score (nSPS) is 10.7. The first-order valence-electron chi connectivity index (χ1n) is 8.37. The first kappa shape index (κ1) is 16.7. The summed E-state index contributed by atoms with van der Waals surface area (Å²) in [4.78, 5) is 12.6. The summed E-state index contributed by atoms with van der Waals surface area (Å²) in [5.74, 6) is 0.544. The topological polar surface area (TPSA) is 87.2 Å². The number of aromatic nitrogens is 2. The Hall–Kier alpha value is -3.80. The molecule has 0 saturated heterocycles. The fourth-order valence-electron chi connectivity index (χ4n) is 2.98. The third-order valence-electron chi connectivity index (χ3n) is 4.33. The minimum Gasteiger partial charge on any atom is -0.507 e. The van der Waals surface area contributed by atoms with Gasteiger partial charge in [0.2, 0.25) is 0 Å². The Balaban J connectivity index is 1.61. The van der Waals surface area contributed by atoms with Crippen LogP contribution >= 0.6 is 0 Å². The maximum atomic E-state index is 12.6. The number of fused-ring (bicyclic) bond motifs is 1. The van der Waals surface area contributed by atoms with Crippen LogP contribution in [-0.4, -0.2) is 28.3 Å². The highest BCUT2D eigenvalue weighted by Gasteiger charge is 2.15. The van der Waals surface area contributed by atoms with Crippen LogP contribution in [-0.2, 0) is 0 Å². The number of hydrogen-bond acceptors (Lipinski definition) is 4. The van der Waals surface area contributed by atoms with E-state index in [1.54, 1.807) is 25.3 Å². The van der Waals surface area contributed by atoms with Crippen molar-refractivity contribution in [3.8, 4) is 22.8 Å². The minimum atomic E-state index is -0.434. The highest BCUT2D eigenvalue weighted by molar-refractivity contribution is 6.08. The number of H-pyrrole nitrogens is 1. The second kappa shape index (κ2) is 6.84. The van der Waals surface area contributed by atoms with Crippen molar-refractivity contribution in [2.45, 2.75) is 0 Å². The van der Waals surface area contributed by atoms with E-state index in [4.69, 9.17) is 4.74 Å². The standard InChI is InChI=1S/C21H17N3O3/c1-27-19-9-5-4-8-15(19)17-12-20(24-23-17)22-21(26)16-10-13-6-2-3-7-14(13)11-18(16)25/h2-12,25H,1H3,(H2,22,23,24,26). The lowest BCUT2D eigenvalue weighted by Crippen LogP contribution is -2.12. The van der Waals surface area contributed by atoms with Crippen LogP contribution in [0.3, 0.4) is 0 Å². The van der Waals surface area contributed by atoms with Crippen LogP contribution in [0.1, 0.15) is 10.4 Å². The van der Waals surface area contributed by atoms with E-state index in [2.05, 4.69) is 15.5 Å². The van der Waals surface area contributed by atoms with Crippen LogP contribution in [0.25, 0.3) is 22.0 Å². The molecular formula is C21H17N3O3. The Morgan fingerprint density at radius 3 is 2.52 bits per heavy atom. The molecule has 1 aromatic heterocycles. The average molecular weight is 359 g/mol. The summed E-state index contributed by atoms with van der Waals surface area (Å²) in [6.07, 6.45) is 0. The van der Waals surface area contributed by atoms with Gasteiger partial charge in [-0.2, -0.15) is 5.10 Å². The van der Waals surface area contributed by atoms with Gasteiger partial charge >= 0.3 is 0 Å². The summed E-state index contributed by atoms with van der Waals surface area (Å²) in [5, 5.41) is 21.7. The number of anilines is 1. The number of methoxy groups -OCH3 is 1. The number of carbonyl (C=O) groups excluding carboxylic acids is 1. The van der Waals surface area contributed by atoms with Crippen molar-refractivity contribution in [1.82, 2.24) is 10.2 Å². The Morgan fingerprint density at radius 1 is 1.04 bits per heavy atom. The lowest BCUT2D eigenvalue weighted by Gasteiger charge is -2.07. The van der Waals surface area contributed by atoms with E-state index in [0.29, 0.717) is 17.3 Å². The number of aromatic amines is 1. The van der Waals surface area contributed by atoms with Gasteiger partial charge in [-0.3, -0.25) is 9.89 Å². The number of benzene rings is 3. The zero-order valence-corrected chi connectivity index (χ0v) is 14.6. The average Bonchev–Trinajstić information content (AvgIpc) is 3.15. The number of rotatable bonds is 4. The zero-order chi connectivity index (χ0) is 18.8. The maximum Gasteiger partial charge on any atom is 0.260 e. The quantitative estimate of drug-likeness (QED) is 0.510. The Kier molecular flexibility index (Phi) is 4.22. The van der Waals surface area contributed by atoms with Gasteiger partial charge in [0, 0.05) is 11.6 Å². The second-order valence-electron chi connectivity index (χ2n) is 6.04. The van der Waals surface area contributed by atoms with Crippen LogP contribution in [0.4, 0.5) is 5.82 Å². The van der Waals surface area contributed by atoms with Gasteiger partial charge in [-0.15, -0.1) is 0 Å². The van der Waals surface area contributed by atoms with Crippen molar-refractivity contribution < 1.29 is 14.6 Å². The number of para-hydroxylation sites is 1. The number of amides is 1. The predicted octanol–water partition coefficient (Wildman–Crippen LogP) is 4.20. The van der Waals surface area contributed by atoms with Crippen LogP contribution in [0, 0.1) is 0 Å². The summed E-state index contributed by atoms with van der Waals surface area (Å²) < 4.78 is 5.35. The number of hydrogen-bond donors (Lipinski definition) is 3. The fourth-order valence-corrected chi connectivity index (χ4v) is 2.98. The van der Waals surface area contributed by atoms with E-state index in [1.165, 1.54) is 0 Å². The molecule has 0 saturated carbocycles. The van der Waals surface area contributed by atoms with E-state index in [9.17, 15) is 9.90 Å². The van der Waals surface area contributed by atoms with Crippen LogP contribution < -0.4 is 10.1 Å². The molecule has 0 radical (unpaired) electrons. The fraction of sp³-hybridized carbons (Fsp3) is 0.0476. The molecule has 0 aliphatic heterocycles. The summed E-state index contributed by atoms with van der Waals surface area (Å²) in [6, 6.07) is 20.0. The number of phenolic OH excluding ortho intramolecular Hbond substituents is 1. The molecule has 3 N–H and O–H groups in total. The molecule has 4 aromatic rings. The lowest BCUT2D eigenvalue weighted by atomic mass is 10.1. The van der Waals surface area contributed by atoms with Crippen LogP contribution in [0.15, 0.2) is 66.7 Å². The molecule has 0 fully saturated rings. The molecule has 1 amide bonds. The zero-order valence-electron chi connectivity index (χ0n) is 14.6. The Bertz CT molecular complexity index is 1130. The van der Waals surface area contributed by atoms with Gasteiger partial charge in [-0.05, 0) is 35.0 Å². The molecule has 6 nitrogen and oxygen atoms in total. The molecule has 0 unspecified atom stereocenters.